The van der Waals surface area contributed by atoms with Crippen molar-refractivity contribution in [3.8, 4) is 0 Å². The zero-order chi connectivity index (χ0) is 11.5. The lowest BCUT2D eigenvalue weighted by Gasteiger charge is -2.13. The number of aliphatic hydroxyl groups excluding tert-OH is 1. The van der Waals surface area contributed by atoms with Crippen molar-refractivity contribution in [1.29, 1.82) is 0 Å². The van der Waals surface area contributed by atoms with Crippen molar-refractivity contribution in [3.63, 3.8) is 0 Å². The lowest BCUT2D eigenvalue weighted by Crippen LogP contribution is -2.13. The Morgan fingerprint density at radius 1 is 1.33 bits per heavy atom. The van der Waals surface area contributed by atoms with E-state index in [1.807, 2.05) is 0 Å². The minimum absolute atomic E-state index is 0.141. The topological polar surface area (TPSA) is 46.2 Å². The van der Waals surface area contributed by atoms with E-state index < -0.39 is 17.8 Å². The molecule has 1 atom stereocenters. The first kappa shape index (κ1) is 12.0. The predicted molar refractivity (Wildman–Crippen MR) is 50.1 cm³/mol. The lowest BCUT2D eigenvalue weighted by molar-refractivity contribution is -0.137. The van der Waals surface area contributed by atoms with Crippen molar-refractivity contribution >= 4 is 0 Å². The molecular weight excluding hydrogens is 207 g/mol. The van der Waals surface area contributed by atoms with E-state index in [0.29, 0.717) is 5.56 Å². The summed E-state index contributed by atoms with van der Waals surface area (Å²) < 4.78 is 37.0. The average Bonchev–Trinajstić information content (AvgIpc) is 2.17. The number of aliphatic hydroxyl groups is 1. The second-order valence-electron chi connectivity index (χ2n) is 3.24. The standard InChI is InChI=1S/C10H12F3NO/c11-10(12,13)8-3-1-2-7(6-8)9(14)4-5-15/h1-3,6,9,15H,4-5,14H2. The Kier molecular flexibility index (Phi) is 3.71. The maximum atomic E-state index is 12.3. The third kappa shape index (κ3) is 3.21. The van der Waals surface area contributed by atoms with E-state index in [1.54, 1.807) is 0 Å². The van der Waals surface area contributed by atoms with Gasteiger partial charge in [-0.25, -0.2) is 0 Å². The van der Waals surface area contributed by atoms with Gasteiger partial charge in [0.15, 0.2) is 0 Å². The quantitative estimate of drug-likeness (QED) is 0.817. The number of benzene rings is 1. The molecule has 0 radical (unpaired) electrons. The van der Waals surface area contributed by atoms with Gasteiger partial charge in [-0.2, -0.15) is 13.2 Å². The van der Waals surface area contributed by atoms with Gasteiger partial charge in [-0.15, -0.1) is 0 Å². The van der Waals surface area contributed by atoms with Gasteiger partial charge in [0.05, 0.1) is 5.56 Å². The van der Waals surface area contributed by atoms with E-state index in [1.165, 1.54) is 12.1 Å². The molecular formula is C10H12F3NO. The minimum Gasteiger partial charge on any atom is -0.396 e. The summed E-state index contributed by atoms with van der Waals surface area (Å²) in [4.78, 5) is 0. The molecule has 0 aromatic heterocycles. The molecule has 3 N–H and O–H groups in total. The van der Waals surface area contributed by atoms with Gasteiger partial charge in [0.1, 0.15) is 0 Å². The van der Waals surface area contributed by atoms with Gasteiger partial charge in [0.2, 0.25) is 0 Å². The molecule has 0 spiro atoms. The molecule has 2 nitrogen and oxygen atoms in total. The molecule has 1 aromatic rings. The van der Waals surface area contributed by atoms with Crippen LogP contribution < -0.4 is 5.73 Å². The highest BCUT2D eigenvalue weighted by atomic mass is 19.4. The van der Waals surface area contributed by atoms with Crippen molar-refractivity contribution < 1.29 is 18.3 Å². The third-order valence-corrected chi connectivity index (χ3v) is 2.08. The fraction of sp³-hybridized carbons (Fsp3) is 0.400. The first-order chi connectivity index (χ1) is 6.95. The minimum atomic E-state index is -4.35. The number of alkyl halides is 3. The molecule has 84 valence electrons. The monoisotopic (exact) mass is 219 g/mol. The van der Waals surface area contributed by atoms with Crippen molar-refractivity contribution in [2.24, 2.45) is 5.73 Å². The Hall–Kier alpha value is -1.07. The molecule has 0 saturated carbocycles. The van der Waals surface area contributed by atoms with Crippen LogP contribution >= 0.6 is 0 Å². The predicted octanol–water partition coefficient (Wildman–Crippen LogP) is 2.09. The second-order valence-corrected chi connectivity index (χ2v) is 3.24. The van der Waals surface area contributed by atoms with E-state index in [-0.39, 0.29) is 13.0 Å². The van der Waals surface area contributed by atoms with E-state index in [4.69, 9.17) is 10.8 Å². The summed E-state index contributed by atoms with van der Waals surface area (Å²) in [6, 6.07) is 4.29. The Morgan fingerprint density at radius 3 is 2.53 bits per heavy atom. The van der Waals surface area contributed by atoms with Crippen LogP contribution in [0.15, 0.2) is 24.3 Å². The van der Waals surface area contributed by atoms with Gasteiger partial charge in [0, 0.05) is 12.6 Å². The van der Waals surface area contributed by atoms with Crippen LogP contribution in [0.2, 0.25) is 0 Å². The molecule has 1 rings (SSSR count). The van der Waals surface area contributed by atoms with Gasteiger partial charge in [-0.05, 0) is 24.1 Å². The molecule has 0 fully saturated rings. The maximum Gasteiger partial charge on any atom is 0.416 e. The first-order valence-electron chi connectivity index (χ1n) is 4.48. The molecule has 15 heavy (non-hydrogen) atoms. The lowest BCUT2D eigenvalue weighted by atomic mass is 10.0. The van der Waals surface area contributed by atoms with Gasteiger partial charge in [-0.3, -0.25) is 0 Å². The number of halogens is 3. The Bertz CT molecular complexity index is 325. The van der Waals surface area contributed by atoms with E-state index in [2.05, 4.69) is 0 Å². The summed E-state index contributed by atoms with van der Waals surface area (Å²) in [5, 5.41) is 8.62. The van der Waals surface area contributed by atoms with Crippen LogP contribution in [0.1, 0.15) is 23.6 Å². The van der Waals surface area contributed by atoms with Crippen molar-refractivity contribution in [1.82, 2.24) is 0 Å². The summed E-state index contributed by atoms with van der Waals surface area (Å²) >= 11 is 0. The number of hydrogen-bond donors (Lipinski definition) is 2. The van der Waals surface area contributed by atoms with Crippen molar-refractivity contribution in [2.45, 2.75) is 18.6 Å². The normalized spacial score (nSPS) is 13.9. The molecule has 0 bridgehead atoms. The van der Waals surface area contributed by atoms with E-state index in [9.17, 15) is 13.2 Å². The van der Waals surface area contributed by atoms with Crippen molar-refractivity contribution in [3.05, 3.63) is 35.4 Å². The molecule has 0 aliphatic heterocycles. The third-order valence-electron chi connectivity index (χ3n) is 2.08. The molecule has 0 aliphatic carbocycles. The van der Waals surface area contributed by atoms with Gasteiger partial charge in [0.25, 0.3) is 0 Å². The van der Waals surface area contributed by atoms with Crippen LogP contribution in [-0.4, -0.2) is 11.7 Å². The number of nitrogens with two attached hydrogens (primary N) is 1. The largest absolute Gasteiger partial charge is 0.416 e. The first-order valence-corrected chi connectivity index (χ1v) is 4.48. The fourth-order valence-electron chi connectivity index (χ4n) is 1.25. The van der Waals surface area contributed by atoms with Crippen LogP contribution in [-0.2, 0) is 6.18 Å². The van der Waals surface area contributed by atoms with Crippen LogP contribution in [0.25, 0.3) is 0 Å². The SMILES string of the molecule is NC(CCO)c1cccc(C(F)(F)F)c1. The van der Waals surface area contributed by atoms with Crippen LogP contribution in [0.4, 0.5) is 13.2 Å². The summed E-state index contributed by atoms with van der Waals surface area (Å²) in [6.07, 6.45) is -4.10. The highest BCUT2D eigenvalue weighted by Gasteiger charge is 2.30. The zero-order valence-corrected chi connectivity index (χ0v) is 7.96. The molecule has 5 heteroatoms. The molecule has 0 aliphatic rings. The van der Waals surface area contributed by atoms with E-state index in [0.717, 1.165) is 12.1 Å². The van der Waals surface area contributed by atoms with Crippen LogP contribution in [0.3, 0.4) is 0 Å². The summed E-state index contributed by atoms with van der Waals surface area (Å²) in [7, 11) is 0. The summed E-state index contributed by atoms with van der Waals surface area (Å²) in [6.45, 7) is -0.141. The fourth-order valence-corrected chi connectivity index (χ4v) is 1.25. The highest BCUT2D eigenvalue weighted by Crippen LogP contribution is 2.30. The van der Waals surface area contributed by atoms with Crippen LogP contribution in [0.5, 0.6) is 0 Å². The number of rotatable bonds is 3. The maximum absolute atomic E-state index is 12.3. The zero-order valence-electron chi connectivity index (χ0n) is 7.96. The molecule has 0 heterocycles. The smallest absolute Gasteiger partial charge is 0.396 e. The van der Waals surface area contributed by atoms with E-state index >= 15 is 0 Å². The Balaban J connectivity index is 2.92. The molecule has 1 aromatic carbocycles. The van der Waals surface area contributed by atoms with Gasteiger partial charge in [-0.1, -0.05) is 12.1 Å². The van der Waals surface area contributed by atoms with Crippen molar-refractivity contribution in [2.75, 3.05) is 6.61 Å². The average molecular weight is 219 g/mol. The Labute approximate surface area is 85.5 Å². The molecule has 0 saturated heterocycles. The van der Waals surface area contributed by atoms with Gasteiger partial charge < -0.3 is 10.8 Å². The summed E-state index contributed by atoms with van der Waals surface area (Å²) in [5.74, 6) is 0. The number of hydrogen-bond acceptors (Lipinski definition) is 2. The highest BCUT2D eigenvalue weighted by molar-refractivity contribution is 5.27. The van der Waals surface area contributed by atoms with Crippen LogP contribution in [0, 0.1) is 0 Å². The second kappa shape index (κ2) is 4.63. The Morgan fingerprint density at radius 2 is 2.00 bits per heavy atom. The molecule has 1 unspecified atom stereocenters. The van der Waals surface area contributed by atoms with Gasteiger partial charge >= 0.3 is 6.18 Å². The summed E-state index contributed by atoms with van der Waals surface area (Å²) in [5.41, 5.74) is 5.26. The molecule has 0 amide bonds.